The van der Waals surface area contributed by atoms with E-state index in [0.717, 1.165) is 16.5 Å². The maximum Gasteiger partial charge on any atom is 0.218 e. The Morgan fingerprint density at radius 2 is 2.19 bits per heavy atom. The van der Waals surface area contributed by atoms with Crippen molar-refractivity contribution in [2.24, 2.45) is 5.84 Å². The highest BCUT2D eigenvalue weighted by atomic mass is 35.5. The molecule has 2 aromatic heterocycles. The predicted octanol–water partition coefficient (Wildman–Crippen LogP) is 3.04. The minimum absolute atomic E-state index is 0.361. The fraction of sp³-hybridized carbons (Fsp3) is 0.133. The number of nitrogens with zero attached hydrogens (tertiary/aromatic N) is 1. The lowest BCUT2D eigenvalue weighted by Gasteiger charge is -2.15. The van der Waals surface area contributed by atoms with Gasteiger partial charge in [0.1, 0.15) is 17.4 Å². The number of benzene rings is 1. The zero-order valence-corrected chi connectivity index (χ0v) is 12.1. The third-order valence-corrected chi connectivity index (χ3v) is 3.49. The van der Waals surface area contributed by atoms with Crippen molar-refractivity contribution in [2.75, 3.05) is 7.11 Å². The smallest absolute Gasteiger partial charge is 0.218 e. The molecule has 5 nitrogen and oxygen atoms in total. The van der Waals surface area contributed by atoms with Gasteiger partial charge >= 0.3 is 0 Å². The molecule has 1 aromatic carbocycles. The van der Waals surface area contributed by atoms with Gasteiger partial charge in [-0.05, 0) is 36.4 Å². The van der Waals surface area contributed by atoms with Gasteiger partial charge in [0.25, 0.3) is 0 Å². The van der Waals surface area contributed by atoms with Gasteiger partial charge < -0.3 is 9.15 Å². The van der Waals surface area contributed by atoms with Crippen LogP contribution in [0.3, 0.4) is 0 Å². The number of furan rings is 1. The molecule has 0 aliphatic carbocycles. The van der Waals surface area contributed by atoms with Crippen molar-refractivity contribution in [3.8, 4) is 5.88 Å². The van der Waals surface area contributed by atoms with Crippen LogP contribution in [0.25, 0.3) is 11.0 Å². The summed E-state index contributed by atoms with van der Waals surface area (Å²) in [5, 5.41) is 1.58. The molecule has 1 atom stereocenters. The zero-order valence-electron chi connectivity index (χ0n) is 11.3. The van der Waals surface area contributed by atoms with Crippen molar-refractivity contribution in [2.45, 2.75) is 6.04 Å². The summed E-state index contributed by atoms with van der Waals surface area (Å²) in [4.78, 5) is 4.18. The maximum absolute atomic E-state index is 5.99. The molecular weight excluding hydrogens is 290 g/mol. The summed E-state index contributed by atoms with van der Waals surface area (Å²) in [6.45, 7) is 0. The molecule has 0 radical (unpaired) electrons. The molecule has 0 fully saturated rings. The predicted molar refractivity (Wildman–Crippen MR) is 81.2 cm³/mol. The van der Waals surface area contributed by atoms with Crippen LogP contribution in [0, 0.1) is 0 Å². The SMILES string of the molecule is COc1ncccc1C(NN)c1cc2cc(Cl)ccc2o1. The number of ether oxygens (including phenoxy) is 1. The number of halogens is 1. The number of hydrogen-bond donors (Lipinski definition) is 2. The summed E-state index contributed by atoms with van der Waals surface area (Å²) >= 11 is 5.99. The van der Waals surface area contributed by atoms with Crippen molar-refractivity contribution in [1.29, 1.82) is 0 Å². The van der Waals surface area contributed by atoms with E-state index in [-0.39, 0.29) is 6.04 Å². The molecule has 3 N–H and O–H groups in total. The Morgan fingerprint density at radius 3 is 2.95 bits per heavy atom. The molecule has 3 aromatic rings. The summed E-state index contributed by atoms with van der Waals surface area (Å²) in [5.74, 6) is 6.86. The number of nitrogens with two attached hydrogens (primary N) is 1. The molecule has 0 saturated carbocycles. The lowest BCUT2D eigenvalue weighted by molar-refractivity contribution is 0.381. The summed E-state index contributed by atoms with van der Waals surface area (Å²) < 4.78 is 11.1. The summed E-state index contributed by atoms with van der Waals surface area (Å²) in [5.41, 5.74) is 4.28. The van der Waals surface area contributed by atoms with Gasteiger partial charge in [-0.2, -0.15) is 0 Å². The Kier molecular flexibility index (Phi) is 3.79. The molecule has 1 unspecified atom stereocenters. The van der Waals surface area contributed by atoms with Crippen molar-refractivity contribution < 1.29 is 9.15 Å². The average molecular weight is 304 g/mol. The Bertz CT molecular complexity index is 772. The van der Waals surface area contributed by atoms with Crippen molar-refractivity contribution in [3.63, 3.8) is 0 Å². The van der Waals surface area contributed by atoms with Gasteiger partial charge in [-0.3, -0.25) is 5.84 Å². The van der Waals surface area contributed by atoms with E-state index < -0.39 is 0 Å². The molecule has 108 valence electrons. The van der Waals surface area contributed by atoms with Crippen molar-refractivity contribution in [3.05, 3.63) is 58.9 Å². The van der Waals surface area contributed by atoms with E-state index in [9.17, 15) is 0 Å². The second-order valence-electron chi connectivity index (χ2n) is 4.53. The Hall–Kier alpha value is -2.08. The van der Waals surface area contributed by atoms with Gasteiger partial charge in [0.15, 0.2) is 0 Å². The van der Waals surface area contributed by atoms with Gasteiger partial charge in [-0.15, -0.1) is 0 Å². The van der Waals surface area contributed by atoms with E-state index in [1.165, 1.54) is 0 Å². The molecule has 0 spiro atoms. The number of hydrogen-bond acceptors (Lipinski definition) is 5. The monoisotopic (exact) mass is 303 g/mol. The zero-order chi connectivity index (χ0) is 14.8. The first-order valence-electron chi connectivity index (χ1n) is 6.37. The highest BCUT2D eigenvalue weighted by molar-refractivity contribution is 6.31. The molecule has 3 rings (SSSR count). The molecule has 21 heavy (non-hydrogen) atoms. The summed E-state index contributed by atoms with van der Waals surface area (Å²) in [7, 11) is 1.57. The standard InChI is InChI=1S/C15H14ClN3O2/c1-20-15-11(3-2-6-18-15)14(19-17)13-8-9-7-10(16)4-5-12(9)21-13/h2-8,14,19H,17H2,1H3. The number of rotatable bonds is 4. The van der Waals surface area contributed by atoms with Crippen LogP contribution in [0.4, 0.5) is 0 Å². The first kappa shape index (κ1) is 13.9. The van der Waals surface area contributed by atoms with E-state index in [0.29, 0.717) is 16.7 Å². The minimum Gasteiger partial charge on any atom is -0.481 e. The number of fused-ring (bicyclic) bond motifs is 1. The van der Waals surface area contributed by atoms with Gasteiger partial charge in [0.2, 0.25) is 5.88 Å². The number of aromatic nitrogens is 1. The molecule has 0 amide bonds. The summed E-state index contributed by atoms with van der Waals surface area (Å²) in [6, 6.07) is 10.7. The minimum atomic E-state index is -0.361. The first-order chi connectivity index (χ1) is 10.2. The Balaban J connectivity index is 2.09. The average Bonchev–Trinajstić information content (AvgIpc) is 2.91. The van der Waals surface area contributed by atoms with E-state index in [1.807, 2.05) is 30.3 Å². The number of nitrogens with one attached hydrogen (secondary N) is 1. The molecule has 6 heteroatoms. The lowest BCUT2D eigenvalue weighted by atomic mass is 10.1. The molecule has 2 heterocycles. The third kappa shape index (κ3) is 2.58. The van der Waals surface area contributed by atoms with Crippen LogP contribution in [0.2, 0.25) is 5.02 Å². The van der Waals surface area contributed by atoms with Crippen LogP contribution in [-0.4, -0.2) is 12.1 Å². The van der Waals surface area contributed by atoms with Gasteiger partial charge in [-0.1, -0.05) is 11.6 Å². The number of hydrazine groups is 1. The van der Waals surface area contributed by atoms with Gasteiger partial charge in [-0.25, -0.2) is 10.4 Å². The molecule has 0 aliphatic heterocycles. The Morgan fingerprint density at radius 1 is 1.33 bits per heavy atom. The van der Waals surface area contributed by atoms with Crippen LogP contribution in [0.15, 0.2) is 47.0 Å². The molecule has 0 aliphatic rings. The fourth-order valence-corrected chi connectivity index (χ4v) is 2.48. The third-order valence-electron chi connectivity index (χ3n) is 3.25. The van der Waals surface area contributed by atoms with Crippen LogP contribution >= 0.6 is 11.6 Å². The normalized spacial score (nSPS) is 12.5. The maximum atomic E-state index is 5.99. The number of pyridine rings is 1. The van der Waals surface area contributed by atoms with E-state index >= 15 is 0 Å². The van der Waals surface area contributed by atoms with Crippen molar-refractivity contribution >= 4 is 22.6 Å². The van der Waals surface area contributed by atoms with Crippen LogP contribution < -0.4 is 16.0 Å². The van der Waals surface area contributed by atoms with E-state index in [4.69, 9.17) is 26.6 Å². The van der Waals surface area contributed by atoms with Crippen molar-refractivity contribution in [1.82, 2.24) is 10.4 Å². The van der Waals surface area contributed by atoms with Gasteiger partial charge in [0, 0.05) is 22.2 Å². The molecule has 0 bridgehead atoms. The largest absolute Gasteiger partial charge is 0.481 e. The lowest BCUT2D eigenvalue weighted by Crippen LogP contribution is -2.29. The fourth-order valence-electron chi connectivity index (χ4n) is 2.30. The van der Waals surface area contributed by atoms with Crippen LogP contribution in [-0.2, 0) is 0 Å². The highest BCUT2D eigenvalue weighted by Gasteiger charge is 2.21. The topological polar surface area (TPSA) is 73.3 Å². The highest BCUT2D eigenvalue weighted by Crippen LogP contribution is 2.32. The first-order valence-corrected chi connectivity index (χ1v) is 6.74. The van der Waals surface area contributed by atoms with Gasteiger partial charge in [0.05, 0.1) is 7.11 Å². The second kappa shape index (κ2) is 5.73. The second-order valence-corrected chi connectivity index (χ2v) is 4.97. The van der Waals surface area contributed by atoms with E-state index in [1.54, 1.807) is 19.4 Å². The van der Waals surface area contributed by atoms with Crippen LogP contribution in [0.1, 0.15) is 17.4 Å². The summed E-state index contributed by atoms with van der Waals surface area (Å²) in [6.07, 6.45) is 1.66. The molecule has 0 saturated heterocycles. The Labute approximate surface area is 126 Å². The quantitative estimate of drug-likeness (QED) is 0.572. The van der Waals surface area contributed by atoms with E-state index in [2.05, 4.69) is 10.4 Å². The number of methoxy groups -OCH3 is 1. The van der Waals surface area contributed by atoms with Crippen LogP contribution in [0.5, 0.6) is 5.88 Å². The molecular formula is C15H14ClN3O2.